The standard InChI is InChI=1S/C15H9BrINO3/c1-20-14-6-9(8-18)2-5-13(14)21-15(19)11-7-10(16)3-4-12(11)17/h2-7H,1H3. The van der Waals surface area contributed by atoms with Crippen molar-refractivity contribution >= 4 is 44.5 Å². The lowest BCUT2D eigenvalue weighted by Gasteiger charge is -2.10. The number of benzene rings is 2. The van der Waals surface area contributed by atoms with E-state index in [1.165, 1.54) is 13.2 Å². The van der Waals surface area contributed by atoms with Crippen LogP contribution in [0.15, 0.2) is 40.9 Å². The summed E-state index contributed by atoms with van der Waals surface area (Å²) in [6, 6.07) is 12.0. The van der Waals surface area contributed by atoms with Crippen molar-refractivity contribution in [2.45, 2.75) is 0 Å². The number of esters is 1. The summed E-state index contributed by atoms with van der Waals surface area (Å²) in [5, 5.41) is 8.86. The minimum absolute atomic E-state index is 0.275. The largest absolute Gasteiger partial charge is 0.493 e. The highest BCUT2D eigenvalue weighted by atomic mass is 127. The van der Waals surface area contributed by atoms with Crippen LogP contribution in [0.25, 0.3) is 0 Å². The number of ether oxygens (including phenoxy) is 2. The number of nitriles is 1. The number of rotatable bonds is 3. The Morgan fingerprint density at radius 1 is 1.24 bits per heavy atom. The molecule has 0 aliphatic heterocycles. The Balaban J connectivity index is 2.32. The molecule has 0 amide bonds. The van der Waals surface area contributed by atoms with Crippen LogP contribution in [0.3, 0.4) is 0 Å². The third-order valence-electron chi connectivity index (χ3n) is 2.64. The van der Waals surface area contributed by atoms with Gasteiger partial charge in [0.2, 0.25) is 0 Å². The molecule has 0 radical (unpaired) electrons. The fourth-order valence-electron chi connectivity index (χ4n) is 1.63. The summed E-state index contributed by atoms with van der Waals surface area (Å²) in [6.45, 7) is 0. The smallest absolute Gasteiger partial charge is 0.344 e. The second-order valence-corrected chi connectivity index (χ2v) is 6.07. The maximum atomic E-state index is 12.2. The minimum Gasteiger partial charge on any atom is -0.493 e. The van der Waals surface area contributed by atoms with Crippen LogP contribution in [0, 0.1) is 14.9 Å². The van der Waals surface area contributed by atoms with Gasteiger partial charge in [-0.25, -0.2) is 4.79 Å². The summed E-state index contributed by atoms with van der Waals surface area (Å²) in [5.41, 5.74) is 0.889. The predicted octanol–water partition coefficient (Wildman–Crippen LogP) is 4.15. The third kappa shape index (κ3) is 3.74. The molecule has 4 nitrogen and oxygen atoms in total. The summed E-state index contributed by atoms with van der Waals surface area (Å²) in [5.74, 6) is 0.133. The van der Waals surface area contributed by atoms with E-state index in [4.69, 9.17) is 14.7 Å². The highest BCUT2D eigenvalue weighted by Crippen LogP contribution is 2.29. The highest BCUT2D eigenvalue weighted by molar-refractivity contribution is 14.1. The number of halogens is 2. The lowest BCUT2D eigenvalue weighted by Crippen LogP contribution is -2.11. The summed E-state index contributed by atoms with van der Waals surface area (Å²) in [7, 11) is 1.46. The predicted molar refractivity (Wildman–Crippen MR) is 89.5 cm³/mol. The van der Waals surface area contributed by atoms with Gasteiger partial charge in [-0.1, -0.05) is 15.9 Å². The van der Waals surface area contributed by atoms with Crippen molar-refractivity contribution in [1.82, 2.24) is 0 Å². The van der Waals surface area contributed by atoms with Crippen molar-refractivity contribution in [1.29, 1.82) is 5.26 Å². The van der Waals surface area contributed by atoms with Gasteiger partial charge < -0.3 is 9.47 Å². The highest BCUT2D eigenvalue weighted by Gasteiger charge is 2.16. The van der Waals surface area contributed by atoms with E-state index in [1.54, 1.807) is 18.2 Å². The van der Waals surface area contributed by atoms with Crippen LogP contribution in [0.5, 0.6) is 11.5 Å². The van der Waals surface area contributed by atoms with Crippen molar-refractivity contribution in [3.05, 3.63) is 55.6 Å². The molecular weight excluding hydrogens is 449 g/mol. The van der Waals surface area contributed by atoms with Gasteiger partial charge in [0.15, 0.2) is 11.5 Å². The number of nitrogens with zero attached hydrogens (tertiary/aromatic N) is 1. The molecule has 0 N–H and O–H groups in total. The molecule has 0 spiro atoms. The van der Waals surface area contributed by atoms with Gasteiger partial charge in [-0.2, -0.15) is 5.26 Å². The second kappa shape index (κ2) is 6.91. The molecule has 0 aliphatic carbocycles. The van der Waals surface area contributed by atoms with Crippen LogP contribution in [0.2, 0.25) is 0 Å². The Bertz CT molecular complexity index is 740. The lowest BCUT2D eigenvalue weighted by molar-refractivity contribution is 0.0728. The maximum absolute atomic E-state index is 12.2. The molecule has 0 atom stereocenters. The first-order chi connectivity index (χ1) is 10.0. The number of methoxy groups -OCH3 is 1. The van der Waals surface area contributed by atoms with Gasteiger partial charge in [0.25, 0.3) is 0 Å². The first kappa shape index (κ1) is 15.8. The SMILES string of the molecule is COc1cc(C#N)ccc1OC(=O)c1cc(Br)ccc1I. The molecule has 106 valence electrons. The van der Waals surface area contributed by atoms with Crippen molar-refractivity contribution < 1.29 is 14.3 Å². The Morgan fingerprint density at radius 3 is 2.67 bits per heavy atom. The second-order valence-electron chi connectivity index (χ2n) is 3.99. The van der Waals surface area contributed by atoms with Crippen molar-refractivity contribution in [2.75, 3.05) is 7.11 Å². The number of hydrogen-bond donors (Lipinski definition) is 0. The molecule has 2 aromatic rings. The normalized spacial score (nSPS) is 9.81. The van der Waals surface area contributed by atoms with Crippen LogP contribution >= 0.6 is 38.5 Å². The summed E-state index contributed by atoms with van der Waals surface area (Å²) >= 11 is 5.39. The van der Waals surface area contributed by atoms with E-state index in [0.717, 1.165) is 8.04 Å². The zero-order valence-electron chi connectivity index (χ0n) is 10.9. The van der Waals surface area contributed by atoms with E-state index >= 15 is 0 Å². The molecular formula is C15H9BrINO3. The molecule has 21 heavy (non-hydrogen) atoms. The zero-order valence-corrected chi connectivity index (χ0v) is 14.6. The molecule has 0 fully saturated rings. The first-order valence-corrected chi connectivity index (χ1v) is 7.67. The van der Waals surface area contributed by atoms with Gasteiger partial charge in [-0.15, -0.1) is 0 Å². The quantitative estimate of drug-likeness (QED) is 0.394. The fourth-order valence-corrected chi connectivity index (χ4v) is 2.55. The molecule has 0 saturated heterocycles. The molecule has 0 bridgehead atoms. The Kier molecular flexibility index (Phi) is 5.20. The van der Waals surface area contributed by atoms with Crippen LogP contribution in [0.1, 0.15) is 15.9 Å². The van der Waals surface area contributed by atoms with E-state index in [9.17, 15) is 4.79 Å². The zero-order chi connectivity index (χ0) is 15.4. The number of hydrogen-bond acceptors (Lipinski definition) is 4. The first-order valence-electron chi connectivity index (χ1n) is 5.80. The van der Waals surface area contributed by atoms with Gasteiger partial charge >= 0.3 is 5.97 Å². The summed E-state index contributed by atoms with van der Waals surface area (Å²) < 4.78 is 12.1. The monoisotopic (exact) mass is 457 g/mol. The van der Waals surface area contributed by atoms with Crippen molar-refractivity contribution in [2.24, 2.45) is 0 Å². The van der Waals surface area contributed by atoms with Gasteiger partial charge in [0, 0.05) is 14.1 Å². The fraction of sp³-hybridized carbons (Fsp3) is 0.0667. The molecule has 2 rings (SSSR count). The molecule has 0 saturated carbocycles. The van der Waals surface area contributed by atoms with E-state index in [2.05, 4.69) is 38.5 Å². The van der Waals surface area contributed by atoms with Gasteiger partial charge in [-0.05, 0) is 52.9 Å². The topological polar surface area (TPSA) is 59.3 Å². The summed E-state index contributed by atoms with van der Waals surface area (Å²) in [4.78, 5) is 12.2. The van der Waals surface area contributed by atoms with E-state index in [0.29, 0.717) is 16.9 Å². The Labute approximate surface area is 143 Å². The van der Waals surface area contributed by atoms with Gasteiger partial charge in [0.1, 0.15) is 0 Å². The molecule has 0 heterocycles. The van der Waals surface area contributed by atoms with Crippen molar-refractivity contribution in [3.63, 3.8) is 0 Å². The molecule has 0 aromatic heterocycles. The van der Waals surface area contributed by atoms with Crippen LogP contribution in [-0.4, -0.2) is 13.1 Å². The Morgan fingerprint density at radius 2 is 2.00 bits per heavy atom. The minimum atomic E-state index is -0.483. The van der Waals surface area contributed by atoms with Crippen molar-refractivity contribution in [3.8, 4) is 17.6 Å². The van der Waals surface area contributed by atoms with Gasteiger partial charge in [0.05, 0.1) is 24.3 Å². The average molecular weight is 458 g/mol. The summed E-state index contributed by atoms with van der Waals surface area (Å²) in [6.07, 6.45) is 0. The maximum Gasteiger partial charge on any atom is 0.344 e. The lowest BCUT2D eigenvalue weighted by atomic mass is 10.2. The Hall–Kier alpha value is -1.59. The molecule has 0 unspecified atom stereocenters. The van der Waals surface area contributed by atoms with Gasteiger partial charge in [-0.3, -0.25) is 0 Å². The van der Waals surface area contributed by atoms with Crippen LogP contribution < -0.4 is 9.47 Å². The van der Waals surface area contributed by atoms with Crippen LogP contribution in [0.4, 0.5) is 0 Å². The molecule has 2 aromatic carbocycles. The molecule has 6 heteroatoms. The van der Waals surface area contributed by atoms with E-state index in [1.807, 2.05) is 18.2 Å². The van der Waals surface area contributed by atoms with E-state index in [-0.39, 0.29) is 5.75 Å². The number of carbonyl (C=O) groups excluding carboxylic acids is 1. The number of carbonyl (C=O) groups is 1. The van der Waals surface area contributed by atoms with E-state index < -0.39 is 5.97 Å². The third-order valence-corrected chi connectivity index (χ3v) is 4.08. The van der Waals surface area contributed by atoms with Crippen LogP contribution in [-0.2, 0) is 0 Å². The average Bonchev–Trinajstić information content (AvgIpc) is 2.49. The molecule has 0 aliphatic rings.